The fraction of sp³-hybridized carbons (Fsp3) is 0.632. The van der Waals surface area contributed by atoms with Gasteiger partial charge in [-0.15, -0.1) is 0 Å². The molecule has 0 aliphatic heterocycles. The minimum absolute atomic E-state index is 0.0217. The Hall–Kier alpha value is -1.75. The first-order chi connectivity index (χ1) is 11.8. The lowest BCUT2D eigenvalue weighted by Gasteiger charge is -2.29. The van der Waals surface area contributed by atoms with Crippen LogP contribution in [-0.2, 0) is 6.54 Å². The van der Waals surface area contributed by atoms with Crippen molar-refractivity contribution in [2.45, 2.75) is 51.1 Å². The Kier molecular flexibility index (Phi) is 5.96. The lowest BCUT2D eigenvalue weighted by atomic mass is 9.83. The van der Waals surface area contributed by atoms with Gasteiger partial charge in [-0.2, -0.15) is 0 Å². The summed E-state index contributed by atoms with van der Waals surface area (Å²) in [4.78, 5) is 12.2. The summed E-state index contributed by atoms with van der Waals surface area (Å²) in [6, 6.07) is 7.79. The molecule has 2 aliphatic carbocycles. The molecule has 2 saturated carbocycles. The van der Waals surface area contributed by atoms with Crippen LogP contribution < -0.4 is 15.4 Å². The number of aliphatic hydroxyl groups excluding tert-OH is 1. The van der Waals surface area contributed by atoms with Crippen LogP contribution in [0.2, 0.25) is 0 Å². The SMILES string of the molecule is O=C(NCc1ccccc1OCCO)NC1CCCC(C2CC2)C1. The van der Waals surface area contributed by atoms with Crippen LogP contribution in [0.3, 0.4) is 0 Å². The summed E-state index contributed by atoms with van der Waals surface area (Å²) < 4.78 is 5.49. The largest absolute Gasteiger partial charge is 0.491 e. The fourth-order valence-corrected chi connectivity index (χ4v) is 3.71. The van der Waals surface area contributed by atoms with E-state index in [1.165, 1.54) is 25.7 Å². The van der Waals surface area contributed by atoms with E-state index in [2.05, 4.69) is 10.6 Å². The van der Waals surface area contributed by atoms with Crippen molar-refractivity contribution in [3.63, 3.8) is 0 Å². The molecular formula is C19H28N2O3. The van der Waals surface area contributed by atoms with Crippen LogP contribution >= 0.6 is 0 Å². The molecule has 2 atom stereocenters. The molecule has 3 rings (SSSR count). The van der Waals surface area contributed by atoms with E-state index < -0.39 is 0 Å². The summed E-state index contributed by atoms with van der Waals surface area (Å²) in [6.07, 6.45) is 7.55. The van der Waals surface area contributed by atoms with E-state index in [-0.39, 0.29) is 19.2 Å². The lowest BCUT2D eigenvalue weighted by molar-refractivity contribution is 0.199. The predicted octanol–water partition coefficient (Wildman–Crippen LogP) is 2.83. The van der Waals surface area contributed by atoms with E-state index in [0.717, 1.165) is 30.2 Å². The molecule has 5 heteroatoms. The second-order valence-corrected chi connectivity index (χ2v) is 6.97. The Morgan fingerprint density at radius 3 is 2.79 bits per heavy atom. The maximum absolute atomic E-state index is 12.2. The van der Waals surface area contributed by atoms with Crippen LogP contribution in [0.25, 0.3) is 0 Å². The Morgan fingerprint density at radius 2 is 2.00 bits per heavy atom. The zero-order valence-corrected chi connectivity index (χ0v) is 14.2. The molecule has 3 N–H and O–H groups in total. The molecule has 24 heavy (non-hydrogen) atoms. The van der Waals surface area contributed by atoms with Crippen molar-refractivity contribution >= 4 is 6.03 Å². The molecule has 2 unspecified atom stereocenters. The Labute approximate surface area is 143 Å². The van der Waals surface area contributed by atoms with Gasteiger partial charge in [-0.1, -0.05) is 31.0 Å². The zero-order chi connectivity index (χ0) is 16.8. The quantitative estimate of drug-likeness (QED) is 0.719. The molecule has 5 nitrogen and oxygen atoms in total. The number of benzene rings is 1. The summed E-state index contributed by atoms with van der Waals surface area (Å²) in [5.41, 5.74) is 0.917. The molecule has 2 aliphatic rings. The molecule has 1 aromatic carbocycles. The van der Waals surface area contributed by atoms with Gasteiger partial charge in [0.1, 0.15) is 12.4 Å². The number of urea groups is 1. The normalized spacial score (nSPS) is 23.5. The van der Waals surface area contributed by atoms with Gasteiger partial charge in [-0.05, 0) is 43.6 Å². The smallest absolute Gasteiger partial charge is 0.315 e. The van der Waals surface area contributed by atoms with Gasteiger partial charge in [0.2, 0.25) is 0 Å². The molecule has 2 fully saturated rings. The van der Waals surface area contributed by atoms with Crippen LogP contribution in [0, 0.1) is 11.8 Å². The molecule has 132 valence electrons. The number of hydrogen-bond donors (Lipinski definition) is 3. The molecule has 1 aromatic rings. The maximum Gasteiger partial charge on any atom is 0.315 e. The average Bonchev–Trinajstić information content (AvgIpc) is 3.44. The minimum Gasteiger partial charge on any atom is -0.491 e. The highest BCUT2D eigenvalue weighted by Gasteiger charge is 2.34. The van der Waals surface area contributed by atoms with Gasteiger partial charge < -0.3 is 20.5 Å². The van der Waals surface area contributed by atoms with Gasteiger partial charge in [0, 0.05) is 18.2 Å². The highest BCUT2D eigenvalue weighted by atomic mass is 16.5. The maximum atomic E-state index is 12.2. The molecule has 0 aromatic heterocycles. The third kappa shape index (κ3) is 4.87. The number of ether oxygens (including phenoxy) is 1. The molecule has 0 spiro atoms. The van der Waals surface area contributed by atoms with E-state index in [0.29, 0.717) is 18.3 Å². The Balaban J connectivity index is 1.45. The van der Waals surface area contributed by atoms with Gasteiger partial charge in [-0.3, -0.25) is 0 Å². The number of rotatable bonds is 7. The van der Waals surface area contributed by atoms with Crippen molar-refractivity contribution in [1.82, 2.24) is 10.6 Å². The van der Waals surface area contributed by atoms with E-state index in [1.54, 1.807) is 0 Å². The van der Waals surface area contributed by atoms with Crippen molar-refractivity contribution in [2.75, 3.05) is 13.2 Å². The standard InChI is InChI=1S/C19H28N2O3/c22-10-11-24-18-7-2-1-4-16(18)13-20-19(23)21-17-6-3-5-15(12-17)14-8-9-14/h1-2,4,7,14-15,17,22H,3,5-6,8-13H2,(H2,20,21,23). The number of hydrogen-bond acceptors (Lipinski definition) is 3. The summed E-state index contributed by atoms with van der Waals surface area (Å²) in [5.74, 6) is 2.45. The first-order valence-corrected chi connectivity index (χ1v) is 9.12. The second kappa shape index (κ2) is 8.38. The van der Waals surface area contributed by atoms with Gasteiger partial charge in [0.05, 0.1) is 6.61 Å². The van der Waals surface area contributed by atoms with Crippen LogP contribution in [0.5, 0.6) is 5.75 Å². The highest BCUT2D eigenvalue weighted by Crippen LogP contribution is 2.43. The molecule has 0 saturated heterocycles. The average molecular weight is 332 g/mol. The number of carbonyl (C=O) groups excluding carboxylic acids is 1. The lowest BCUT2D eigenvalue weighted by Crippen LogP contribution is -2.44. The van der Waals surface area contributed by atoms with Gasteiger partial charge in [0.15, 0.2) is 0 Å². The zero-order valence-electron chi connectivity index (χ0n) is 14.2. The van der Waals surface area contributed by atoms with Crippen molar-refractivity contribution < 1.29 is 14.6 Å². The van der Waals surface area contributed by atoms with E-state index in [9.17, 15) is 4.79 Å². The number of para-hydroxylation sites is 1. The molecular weight excluding hydrogens is 304 g/mol. The van der Waals surface area contributed by atoms with E-state index in [1.807, 2.05) is 24.3 Å². The van der Waals surface area contributed by atoms with Crippen LogP contribution in [0.1, 0.15) is 44.1 Å². The van der Waals surface area contributed by atoms with Gasteiger partial charge >= 0.3 is 6.03 Å². The van der Waals surface area contributed by atoms with Crippen molar-refractivity contribution in [2.24, 2.45) is 11.8 Å². The van der Waals surface area contributed by atoms with Crippen molar-refractivity contribution in [3.05, 3.63) is 29.8 Å². The number of aliphatic hydroxyl groups is 1. The van der Waals surface area contributed by atoms with Crippen LogP contribution in [-0.4, -0.2) is 30.4 Å². The highest BCUT2D eigenvalue weighted by molar-refractivity contribution is 5.74. The van der Waals surface area contributed by atoms with Gasteiger partial charge in [0.25, 0.3) is 0 Å². The summed E-state index contributed by atoms with van der Waals surface area (Å²) in [7, 11) is 0. The number of carbonyl (C=O) groups is 1. The third-order valence-corrected chi connectivity index (χ3v) is 5.10. The monoisotopic (exact) mass is 332 g/mol. The Bertz CT molecular complexity index is 545. The van der Waals surface area contributed by atoms with E-state index in [4.69, 9.17) is 9.84 Å². The number of nitrogens with one attached hydrogen (secondary N) is 2. The van der Waals surface area contributed by atoms with E-state index >= 15 is 0 Å². The molecule has 2 amide bonds. The van der Waals surface area contributed by atoms with Crippen molar-refractivity contribution in [1.29, 1.82) is 0 Å². The number of amides is 2. The van der Waals surface area contributed by atoms with Gasteiger partial charge in [-0.25, -0.2) is 4.79 Å². The van der Waals surface area contributed by atoms with Crippen LogP contribution in [0.4, 0.5) is 4.79 Å². The summed E-state index contributed by atoms with van der Waals surface area (Å²) in [6.45, 7) is 0.659. The first-order valence-electron chi connectivity index (χ1n) is 9.12. The summed E-state index contributed by atoms with van der Waals surface area (Å²) in [5, 5.41) is 14.9. The molecule has 0 bridgehead atoms. The third-order valence-electron chi connectivity index (χ3n) is 5.10. The summed E-state index contributed by atoms with van der Waals surface area (Å²) >= 11 is 0. The topological polar surface area (TPSA) is 70.6 Å². The molecule has 0 radical (unpaired) electrons. The minimum atomic E-state index is -0.103. The fourth-order valence-electron chi connectivity index (χ4n) is 3.71. The second-order valence-electron chi connectivity index (χ2n) is 6.97. The molecule has 0 heterocycles. The van der Waals surface area contributed by atoms with Crippen LogP contribution in [0.15, 0.2) is 24.3 Å². The van der Waals surface area contributed by atoms with Crippen molar-refractivity contribution in [3.8, 4) is 5.75 Å². The Morgan fingerprint density at radius 1 is 1.17 bits per heavy atom. The predicted molar refractivity (Wildman–Crippen MR) is 92.9 cm³/mol. The first kappa shape index (κ1) is 17.1.